The third-order valence-corrected chi connectivity index (χ3v) is 2.02. The van der Waals surface area contributed by atoms with Gasteiger partial charge in [-0.2, -0.15) is 13.2 Å². The number of benzene rings is 1. The van der Waals surface area contributed by atoms with Gasteiger partial charge in [0.25, 0.3) is 0 Å². The number of carbonyl (C=O) groups is 1. The molecule has 0 atom stereocenters. The Bertz CT molecular complexity index is 592. The molecule has 0 aliphatic carbocycles. The second kappa shape index (κ2) is 4.13. The third-order valence-electron chi connectivity index (χ3n) is 2.02. The molecule has 94 valence electrons. The molecule has 0 spiro atoms. The van der Waals surface area contributed by atoms with E-state index in [1.54, 1.807) is 0 Å². The van der Waals surface area contributed by atoms with E-state index in [-0.39, 0.29) is 17.0 Å². The Kier molecular flexibility index (Phi) is 2.77. The first kappa shape index (κ1) is 12.1. The highest BCUT2D eigenvalue weighted by atomic mass is 19.4. The Morgan fingerprint density at radius 1 is 1.28 bits per heavy atom. The summed E-state index contributed by atoms with van der Waals surface area (Å²) in [5.41, 5.74) is 0.0251. The van der Waals surface area contributed by atoms with Crippen LogP contribution in [0.3, 0.4) is 0 Å². The molecule has 2 rings (SSSR count). The Morgan fingerprint density at radius 3 is 2.56 bits per heavy atom. The summed E-state index contributed by atoms with van der Waals surface area (Å²) < 4.78 is 41.1. The van der Waals surface area contributed by atoms with E-state index < -0.39 is 18.0 Å². The summed E-state index contributed by atoms with van der Waals surface area (Å²) in [5.74, 6) is -3.06. The first-order chi connectivity index (χ1) is 8.38. The molecule has 0 saturated heterocycles. The molecular weight excluding hydrogens is 253 g/mol. The first-order valence-electron chi connectivity index (χ1n) is 4.62. The SMILES string of the molecule is O=C(O)c1cccc(-c2nnc(C(F)(F)F)o2)c1. The number of alkyl halides is 3. The van der Waals surface area contributed by atoms with Crippen LogP contribution in [0, 0.1) is 0 Å². The summed E-state index contributed by atoms with van der Waals surface area (Å²) in [7, 11) is 0. The van der Waals surface area contributed by atoms with Gasteiger partial charge in [0, 0.05) is 5.56 Å². The van der Waals surface area contributed by atoms with Gasteiger partial charge in [-0.3, -0.25) is 0 Å². The fourth-order valence-electron chi connectivity index (χ4n) is 1.24. The second-order valence-corrected chi connectivity index (χ2v) is 3.30. The maximum absolute atomic E-state index is 12.2. The number of rotatable bonds is 2. The summed E-state index contributed by atoms with van der Waals surface area (Å²) in [5, 5.41) is 14.8. The number of carboxylic acid groups (broad SMARTS) is 1. The van der Waals surface area contributed by atoms with E-state index >= 15 is 0 Å². The van der Waals surface area contributed by atoms with E-state index in [2.05, 4.69) is 14.6 Å². The monoisotopic (exact) mass is 258 g/mol. The zero-order chi connectivity index (χ0) is 13.3. The molecule has 0 aliphatic rings. The van der Waals surface area contributed by atoms with Crippen molar-refractivity contribution in [1.29, 1.82) is 0 Å². The minimum Gasteiger partial charge on any atom is -0.478 e. The van der Waals surface area contributed by atoms with Gasteiger partial charge in [0.1, 0.15) is 0 Å². The van der Waals surface area contributed by atoms with Crippen molar-refractivity contribution in [2.45, 2.75) is 6.18 Å². The molecule has 0 amide bonds. The van der Waals surface area contributed by atoms with Crippen molar-refractivity contribution >= 4 is 5.97 Å². The molecule has 1 N–H and O–H groups in total. The minimum atomic E-state index is -4.73. The fourth-order valence-corrected chi connectivity index (χ4v) is 1.24. The van der Waals surface area contributed by atoms with Gasteiger partial charge in [-0.1, -0.05) is 6.07 Å². The van der Waals surface area contributed by atoms with Crippen LogP contribution >= 0.6 is 0 Å². The average molecular weight is 258 g/mol. The minimum absolute atomic E-state index is 0.0840. The summed E-state index contributed by atoms with van der Waals surface area (Å²) in [6.07, 6.45) is -4.73. The Hall–Kier alpha value is -2.38. The Labute approximate surface area is 97.9 Å². The molecule has 0 saturated carbocycles. The highest BCUT2D eigenvalue weighted by Gasteiger charge is 2.38. The van der Waals surface area contributed by atoms with Crippen LogP contribution in [-0.2, 0) is 6.18 Å². The number of carboxylic acids is 1. The molecule has 1 aromatic carbocycles. The normalized spacial score (nSPS) is 11.5. The number of aromatic nitrogens is 2. The predicted octanol–water partition coefficient (Wildman–Crippen LogP) is 2.45. The summed E-state index contributed by atoms with van der Waals surface area (Å²) in [4.78, 5) is 10.7. The van der Waals surface area contributed by atoms with Gasteiger partial charge in [0.15, 0.2) is 0 Å². The van der Waals surface area contributed by atoms with Crippen molar-refractivity contribution in [2.24, 2.45) is 0 Å². The molecule has 0 bridgehead atoms. The lowest BCUT2D eigenvalue weighted by Gasteiger charge is -1.99. The van der Waals surface area contributed by atoms with E-state index in [0.29, 0.717) is 0 Å². The van der Waals surface area contributed by atoms with Crippen LogP contribution < -0.4 is 0 Å². The Balaban J connectivity index is 2.40. The molecule has 0 fully saturated rings. The summed E-state index contributed by atoms with van der Waals surface area (Å²) in [6, 6.07) is 5.19. The number of hydrogen-bond donors (Lipinski definition) is 1. The maximum atomic E-state index is 12.2. The second-order valence-electron chi connectivity index (χ2n) is 3.30. The van der Waals surface area contributed by atoms with Crippen molar-refractivity contribution in [2.75, 3.05) is 0 Å². The molecule has 0 aliphatic heterocycles. The van der Waals surface area contributed by atoms with Gasteiger partial charge in [-0.25, -0.2) is 4.79 Å². The number of hydrogen-bond acceptors (Lipinski definition) is 4. The van der Waals surface area contributed by atoms with Crippen LogP contribution in [0.1, 0.15) is 16.2 Å². The van der Waals surface area contributed by atoms with Crippen molar-refractivity contribution in [3.63, 3.8) is 0 Å². The molecule has 1 heterocycles. The third kappa shape index (κ3) is 2.31. The highest BCUT2D eigenvalue weighted by molar-refractivity contribution is 5.88. The molecule has 0 radical (unpaired) electrons. The smallest absolute Gasteiger partial charge is 0.470 e. The molecule has 0 unspecified atom stereocenters. The maximum Gasteiger partial charge on any atom is 0.470 e. The van der Waals surface area contributed by atoms with Crippen LogP contribution in [0.25, 0.3) is 11.5 Å². The zero-order valence-electron chi connectivity index (χ0n) is 8.60. The van der Waals surface area contributed by atoms with E-state index in [4.69, 9.17) is 5.11 Å². The van der Waals surface area contributed by atoms with E-state index in [1.807, 2.05) is 0 Å². The molecule has 18 heavy (non-hydrogen) atoms. The Morgan fingerprint density at radius 2 is 2.00 bits per heavy atom. The van der Waals surface area contributed by atoms with Crippen LogP contribution in [0.15, 0.2) is 28.7 Å². The number of nitrogens with zero attached hydrogens (tertiary/aromatic N) is 2. The first-order valence-corrected chi connectivity index (χ1v) is 4.62. The standard InChI is InChI=1S/C10H5F3N2O3/c11-10(12,13)9-15-14-7(18-9)5-2-1-3-6(4-5)8(16)17/h1-4H,(H,16,17). The molecular formula is C10H5F3N2O3. The lowest BCUT2D eigenvalue weighted by molar-refractivity contribution is -0.156. The molecule has 8 heteroatoms. The van der Waals surface area contributed by atoms with E-state index in [9.17, 15) is 18.0 Å². The lowest BCUT2D eigenvalue weighted by Crippen LogP contribution is -2.04. The predicted molar refractivity (Wildman–Crippen MR) is 51.7 cm³/mol. The largest absolute Gasteiger partial charge is 0.478 e. The highest BCUT2D eigenvalue weighted by Crippen LogP contribution is 2.30. The molecule has 5 nitrogen and oxygen atoms in total. The van der Waals surface area contributed by atoms with E-state index in [1.165, 1.54) is 18.2 Å². The van der Waals surface area contributed by atoms with Crippen molar-refractivity contribution in [1.82, 2.24) is 10.2 Å². The quantitative estimate of drug-likeness (QED) is 0.895. The van der Waals surface area contributed by atoms with Crippen LogP contribution in [-0.4, -0.2) is 21.3 Å². The van der Waals surface area contributed by atoms with E-state index in [0.717, 1.165) is 6.07 Å². The van der Waals surface area contributed by atoms with Crippen molar-refractivity contribution < 1.29 is 27.5 Å². The summed E-state index contributed by atoms with van der Waals surface area (Å²) >= 11 is 0. The van der Waals surface area contributed by atoms with Gasteiger partial charge >= 0.3 is 18.0 Å². The lowest BCUT2D eigenvalue weighted by atomic mass is 10.1. The van der Waals surface area contributed by atoms with Crippen LogP contribution in [0.2, 0.25) is 0 Å². The fraction of sp³-hybridized carbons (Fsp3) is 0.100. The number of aromatic carboxylic acids is 1. The van der Waals surface area contributed by atoms with Crippen LogP contribution in [0.5, 0.6) is 0 Å². The zero-order valence-corrected chi connectivity index (χ0v) is 8.60. The van der Waals surface area contributed by atoms with Gasteiger partial charge in [0.2, 0.25) is 5.89 Å². The topological polar surface area (TPSA) is 76.2 Å². The molecule has 1 aromatic heterocycles. The summed E-state index contributed by atoms with van der Waals surface area (Å²) in [6.45, 7) is 0. The average Bonchev–Trinajstić information content (AvgIpc) is 2.78. The number of halogens is 3. The van der Waals surface area contributed by atoms with Crippen molar-refractivity contribution in [3.8, 4) is 11.5 Å². The van der Waals surface area contributed by atoms with Gasteiger partial charge in [-0.15, -0.1) is 10.2 Å². The van der Waals surface area contributed by atoms with Gasteiger partial charge in [0.05, 0.1) is 5.56 Å². The van der Waals surface area contributed by atoms with Gasteiger partial charge in [-0.05, 0) is 18.2 Å². The van der Waals surface area contributed by atoms with Crippen LogP contribution in [0.4, 0.5) is 13.2 Å². The van der Waals surface area contributed by atoms with Crippen molar-refractivity contribution in [3.05, 3.63) is 35.7 Å². The van der Waals surface area contributed by atoms with Gasteiger partial charge < -0.3 is 9.52 Å². The molecule has 2 aromatic rings.